The van der Waals surface area contributed by atoms with Gasteiger partial charge in [0.25, 0.3) is 0 Å². The third-order valence-electron chi connectivity index (χ3n) is 4.19. The van der Waals surface area contributed by atoms with E-state index < -0.39 is 0 Å². The minimum absolute atomic E-state index is 0.0203. The lowest BCUT2D eigenvalue weighted by molar-refractivity contribution is 0.0669. The Kier molecular flexibility index (Phi) is 4.91. The zero-order chi connectivity index (χ0) is 16.1. The van der Waals surface area contributed by atoms with Crippen LogP contribution in [-0.2, 0) is 11.3 Å². The first kappa shape index (κ1) is 15.5. The van der Waals surface area contributed by atoms with Gasteiger partial charge in [-0.1, -0.05) is 36.4 Å². The second kappa shape index (κ2) is 7.27. The minimum Gasteiger partial charge on any atom is -0.445 e. The molecule has 1 amide bonds. The van der Waals surface area contributed by atoms with E-state index in [0.29, 0.717) is 6.61 Å². The Bertz CT molecular complexity index is 657. The topological polar surface area (TPSA) is 42.4 Å². The molecule has 120 valence electrons. The van der Waals surface area contributed by atoms with Crippen molar-refractivity contribution in [2.45, 2.75) is 38.8 Å². The van der Waals surface area contributed by atoms with Crippen LogP contribution in [0.15, 0.2) is 48.5 Å². The summed E-state index contributed by atoms with van der Waals surface area (Å²) < 4.78 is 5.51. The van der Waals surface area contributed by atoms with Gasteiger partial charge in [-0.05, 0) is 43.9 Å². The summed E-state index contributed by atoms with van der Waals surface area (Å²) in [6.07, 6.45) is 2.82. The molecule has 1 aromatic heterocycles. The molecule has 3 rings (SSSR count). The van der Waals surface area contributed by atoms with Gasteiger partial charge in [0, 0.05) is 12.2 Å². The fourth-order valence-corrected chi connectivity index (χ4v) is 3.01. The SMILES string of the molecule is Cc1cccc(C2CCCCN2C(=O)OCc2ccccc2)n1. The first-order chi connectivity index (χ1) is 11.2. The van der Waals surface area contributed by atoms with E-state index in [1.165, 1.54) is 0 Å². The van der Waals surface area contributed by atoms with Gasteiger partial charge in [-0.2, -0.15) is 0 Å². The summed E-state index contributed by atoms with van der Waals surface area (Å²) in [5.41, 5.74) is 2.94. The molecule has 0 N–H and O–H groups in total. The second-order valence-electron chi connectivity index (χ2n) is 5.95. The van der Waals surface area contributed by atoms with Crippen molar-refractivity contribution in [1.82, 2.24) is 9.88 Å². The Hall–Kier alpha value is -2.36. The molecule has 1 aromatic carbocycles. The highest BCUT2D eigenvalue weighted by Gasteiger charge is 2.30. The van der Waals surface area contributed by atoms with Crippen LogP contribution in [0.2, 0.25) is 0 Å². The molecule has 23 heavy (non-hydrogen) atoms. The van der Waals surface area contributed by atoms with Crippen molar-refractivity contribution in [2.75, 3.05) is 6.54 Å². The number of ether oxygens (including phenoxy) is 1. The van der Waals surface area contributed by atoms with Crippen LogP contribution in [0.5, 0.6) is 0 Å². The average molecular weight is 310 g/mol. The second-order valence-corrected chi connectivity index (χ2v) is 5.95. The number of aromatic nitrogens is 1. The number of piperidine rings is 1. The van der Waals surface area contributed by atoms with E-state index in [4.69, 9.17) is 4.74 Å². The monoisotopic (exact) mass is 310 g/mol. The van der Waals surface area contributed by atoms with E-state index in [1.807, 2.05) is 60.4 Å². The number of aryl methyl sites for hydroxylation is 1. The van der Waals surface area contributed by atoms with Gasteiger partial charge >= 0.3 is 6.09 Å². The van der Waals surface area contributed by atoms with Crippen LogP contribution < -0.4 is 0 Å². The van der Waals surface area contributed by atoms with Crippen LogP contribution in [-0.4, -0.2) is 22.5 Å². The minimum atomic E-state index is -0.248. The quantitative estimate of drug-likeness (QED) is 0.851. The fraction of sp³-hybridized carbons (Fsp3) is 0.368. The predicted molar refractivity (Wildman–Crippen MR) is 88.9 cm³/mol. The summed E-state index contributed by atoms with van der Waals surface area (Å²) in [6.45, 7) is 3.02. The van der Waals surface area contributed by atoms with Crippen LogP contribution in [0.1, 0.15) is 42.3 Å². The molecular weight excluding hydrogens is 288 g/mol. The number of pyridine rings is 1. The predicted octanol–water partition coefficient (Wildman–Crippen LogP) is 4.25. The van der Waals surface area contributed by atoms with Gasteiger partial charge in [-0.25, -0.2) is 4.79 Å². The zero-order valence-corrected chi connectivity index (χ0v) is 13.4. The summed E-state index contributed by atoms with van der Waals surface area (Å²) >= 11 is 0. The maximum absolute atomic E-state index is 12.5. The van der Waals surface area contributed by atoms with E-state index in [1.54, 1.807) is 0 Å². The molecule has 4 nitrogen and oxygen atoms in total. The van der Waals surface area contributed by atoms with Gasteiger partial charge in [0.15, 0.2) is 0 Å². The van der Waals surface area contributed by atoms with Crippen molar-refractivity contribution in [1.29, 1.82) is 0 Å². The van der Waals surface area contributed by atoms with Gasteiger partial charge in [-0.3, -0.25) is 9.88 Å². The number of rotatable bonds is 3. The molecule has 2 heterocycles. The summed E-state index contributed by atoms with van der Waals surface area (Å²) in [5, 5.41) is 0. The van der Waals surface area contributed by atoms with Crippen molar-refractivity contribution in [3.8, 4) is 0 Å². The van der Waals surface area contributed by atoms with Crippen molar-refractivity contribution in [2.24, 2.45) is 0 Å². The Labute approximate surface area is 137 Å². The highest BCUT2D eigenvalue weighted by molar-refractivity contribution is 5.68. The average Bonchev–Trinajstić information content (AvgIpc) is 2.60. The van der Waals surface area contributed by atoms with Gasteiger partial charge in [0.1, 0.15) is 6.61 Å². The molecule has 0 bridgehead atoms. The van der Waals surface area contributed by atoms with E-state index in [2.05, 4.69) is 4.98 Å². The molecule has 4 heteroatoms. The molecular formula is C19H22N2O2. The molecule has 1 fully saturated rings. The lowest BCUT2D eigenvalue weighted by atomic mass is 9.99. The Morgan fingerprint density at radius 3 is 2.78 bits per heavy atom. The van der Waals surface area contributed by atoms with Gasteiger partial charge in [0.2, 0.25) is 0 Å². The first-order valence-corrected chi connectivity index (χ1v) is 8.15. The first-order valence-electron chi connectivity index (χ1n) is 8.15. The number of hydrogen-bond acceptors (Lipinski definition) is 3. The Morgan fingerprint density at radius 2 is 2.00 bits per heavy atom. The number of hydrogen-bond donors (Lipinski definition) is 0. The standard InChI is InChI=1S/C19H22N2O2/c1-15-8-7-11-17(20-15)18-12-5-6-13-21(18)19(22)23-14-16-9-3-2-4-10-16/h2-4,7-11,18H,5-6,12-14H2,1H3. The summed E-state index contributed by atoms with van der Waals surface area (Å²) in [4.78, 5) is 18.9. The fourth-order valence-electron chi connectivity index (χ4n) is 3.01. The molecule has 2 aromatic rings. The van der Waals surface area contributed by atoms with Crippen molar-refractivity contribution in [3.63, 3.8) is 0 Å². The molecule has 1 aliphatic rings. The third kappa shape index (κ3) is 3.89. The van der Waals surface area contributed by atoms with Crippen molar-refractivity contribution >= 4 is 6.09 Å². The highest BCUT2D eigenvalue weighted by atomic mass is 16.6. The van der Waals surface area contributed by atoms with E-state index in [-0.39, 0.29) is 12.1 Å². The summed E-state index contributed by atoms with van der Waals surface area (Å²) in [6, 6.07) is 15.8. The van der Waals surface area contributed by atoms with Crippen molar-refractivity contribution < 1.29 is 9.53 Å². The van der Waals surface area contributed by atoms with E-state index in [0.717, 1.165) is 42.8 Å². The van der Waals surface area contributed by atoms with E-state index >= 15 is 0 Å². The molecule has 0 aliphatic carbocycles. The molecule has 1 atom stereocenters. The van der Waals surface area contributed by atoms with Gasteiger partial charge < -0.3 is 4.74 Å². The van der Waals surface area contributed by atoms with Gasteiger partial charge in [0.05, 0.1) is 11.7 Å². The molecule has 0 saturated carbocycles. The summed E-state index contributed by atoms with van der Waals surface area (Å²) in [5.74, 6) is 0. The molecule has 0 spiro atoms. The third-order valence-corrected chi connectivity index (χ3v) is 4.19. The molecule has 0 radical (unpaired) electrons. The van der Waals surface area contributed by atoms with Crippen LogP contribution in [0.3, 0.4) is 0 Å². The van der Waals surface area contributed by atoms with Crippen LogP contribution >= 0.6 is 0 Å². The number of likely N-dealkylation sites (tertiary alicyclic amines) is 1. The molecule has 1 aliphatic heterocycles. The Balaban J connectivity index is 1.69. The van der Waals surface area contributed by atoms with Crippen LogP contribution in [0, 0.1) is 6.92 Å². The maximum Gasteiger partial charge on any atom is 0.410 e. The largest absolute Gasteiger partial charge is 0.445 e. The zero-order valence-electron chi connectivity index (χ0n) is 13.4. The van der Waals surface area contributed by atoms with Gasteiger partial charge in [-0.15, -0.1) is 0 Å². The number of carbonyl (C=O) groups is 1. The lowest BCUT2D eigenvalue weighted by Crippen LogP contribution is -2.39. The Morgan fingerprint density at radius 1 is 1.17 bits per heavy atom. The lowest BCUT2D eigenvalue weighted by Gasteiger charge is -2.34. The normalized spacial score (nSPS) is 17.8. The van der Waals surface area contributed by atoms with Crippen molar-refractivity contribution in [3.05, 3.63) is 65.5 Å². The smallest absolute Gasteiger partial charge is 0.410 e. The molecule has 1 unspecified atom stereocenters. The number of benzene rings is 1. The number of carbonyl (C=O) groups excluding carboxylic acids is 1. The van der Waals surface area contributed by atoms with Crippen LogP contribution in [0.4, 0.5) is 4.79 Å². The highest BCUT2D eigenvalue weighted by Crippen LogP contribution is 2.30. The number of amides is 1. The van der Waals surface area contributed by atoms with E-state index in [9.17, 15) is 4.79 Å². The number of nitrogens with zero attached hydrogens (tertiary/aromatic N) is 2. The molecule has 1 saturated heterocycles. The van der Waals surface area contributed by atoms with Crippen LogP contribution in [0.25, 0.3) is 0 Å². The summed E-state index contributed by atoms with van der Waals surface area (Å²) in [7, 11) is 0. The maximum atomic E-state index is 12.5.